The van der Waals surface area contributed by atoms with Crippen LogP contribution >= 0.6 is 11.5 Å². The standard InChI is InChI=1S/C13H16N4O2S/c1-2-19-13(18)10-11(14)17-20-12(10)16-8-5-9-3-6-15-7-4-9/h3-4,6-7,16H,2,5,8H2,1H3,(H2,14,17). The van der Waals surface area contributed by atoms with Gasteiger partial charge in [0.25, 0.3) is 0 Å². The van der Waals surface area contributed by atoms with Crippen LogP contribution in [0.4, 0.5) is 10.8 Å². The van der Waals surface area contributed by atoms with Gasteiger partial charge in [-0.2, -0.15) is 4.37 Å². The number of carbonyl (C=O) groups excluding carboxylic acids is 1. The number of nitrogens with one attached hydrogen (secondary N) is 1. The fourth-order valence-electron chi connectivity index (χ4n) is 1.69. The van der Waals surface area contributed by atoms with E-state index in [1.807, 2.05) is 12.1 Å². The predicted molar refractivity (Wildman–Crippen MR) is 78.9 cm³/mol. The van der Waals surface area contributed by atoms with Crippen molar-refractivity contribution in [2.75, 3.05) is 24.2 Å². The van der Waals surface area contributed by atoms with Crippen LogP contribution in [-0.4, -0.2) is 28.5 Å². The van der Waals surface area contributed by atoms with Gasteiger partial charge < -0.3 is 15.8 Å². The first-order valence-electron chi connectivity index (χ1n) is 6.27. The fourth-order valence-corrected chi connectivity index (χ4v) is 2.42. The van der Waals surface area contributed by atoms with Gasteiger partial charge in [0.2, 0.25) is 0 Å². The minimum absolute atomic E-state index is 0.208. The average molecular weight is 292 g/mol. The molecule has 0 aromatic carbocycles. The molecular weight excluding hydrogens is 276 g/mol. The van der Waals surface area contributed by atoms with Crippen molar-refractivity contribution in [1.82, 2.24) is 9.36 Å². The molecule has 0 saturated heterocycles. The molecule has 2 aromatic rings. The van der Waals surface area contributed by atoms with Crippen LogP contribution in [0, 0.1) is 0 Å². The van der Waals surface area contributed by atoms with Crippen LogP contribution in [-0.2, 0) is 11.2 Å². The number of carbonyl (C=O) groups is 1. The number of pyridine rings is 1. The lowest BCUT2D eigenvalue weighted by atomic mass is 10.2. The van der Waals surface area contributed by atoms with Crippen molar-refractivity contribution < 1.29 is 9.53 Å². The van der Waals surface area contributed by atoms with E-state index < -0.39 is 5.97 Å². The van der Waals surface area contributed by atoms with Crippen molar-refractivity contribution in [3.63, 3.8) is 0 Å². The van der Waals surface area contributed by atoms with E-state index in [0.717, 1.165) is 6.42 Å². The van der Waals surface area contributed by atoms with E-state index >= 15 is 0 Å². The lowest BCUT2D eigenvalue weighted by Gasteiger charge is -2.06. The number of nitrogens with two attached hydrogens (primary N) is 1. The molecule has 7 heteroatoms. The summed E-state index contributed by atoms with van der Waals surface area (Å²) in [6, 6.07) is 3.91. The van der Waals surface area contributed by atoms with Gasteiger partial charge in [-0.15, -0.1) is 0 Å². The van der Waals surface area contributed by atoms with E-state index in [-0.39, 0.29) is 5.82 Å². The molecule has 3 N–H and O–H groups in total. The number of hydrogen-bond acceptors (Lipinski definition) is 7. The highest BCUT2D eigenvalue weighted by molar-refractivity contribution is 7.11. The van der Waals surface area contributed by atoms with E-state index in [1.54, 1.807) is 19.3 Å². The summed E-state index contributed by atoms with van der Waals surface area (Å²) in [5.74, 6) is -0.231. The minimum Gasteiger partial charge on any atom is -0.462 e. The van der Waals surface area contributed by atoms with Crippen LogP contribution in [0.5, 0.6) is 0 Å². The van der Waals surface area contributed by atoms with E-state index in [2.05, 4.69) is 14.7 Å². The zero-order chi connectivity index (χ0) is 14.4. The maximum atomic E-state index is 11.8. The first-order valence-corrected chi connectivity index (χ1v) is 7.04. The summed E-state index contributed by atoms with van der Waals surface area (Å²) in [7, 11) is 0. The van der Waals surface area contributed by atoms with Crippen molar-refractivity contribution in [3.8, 4) is 0 Å². The van der Waals surface area contributed by atoms with Gasteiger partial charge in [-0.3, -0.25) is 4.98 Å². The van der Waals surface area contributed by atoms with Crippen LogP contribution in [0.3, 0.4) is 0 Å². The Bertz CT molecular complexity index is 571. The van der Waals surface area contributed by atoms with E-state index in [4.69, 9.17) is 10.5 Å². The highest BCUT2D eigenvalue weighted by atomic mass is 32.1. The number of aromatic nitrogens is 2. The van der Waals surface area contributed by atoms with E-state index in [1.165, 1.54) is 17.1 Å². The molecule has 2 aromatic heterocycles. The molecule has 0 unspecified atom stereocenters. The Kier molecular flexibility index (Phi) is 4.89. The number of rotatable bonds is 6. The second-order valence-corrected chi connectivity index (χ2v) is 4.80. The fraction of sp³-hybridized carbons (Fsp3) is 0.308. The van der Waals surface area contributed by atoms with E-state index in [0.29, 0.717) is 23.7 Å². The van der Waals surface area contributed by atoms with Crippen LogP contribution in [0.2, 0.25) is 0 Å². The number of anilines is 2. The monoisotopic (exact) mass is 292 g/mol. The van der Waals surface area contributed by atoms with Crippen molar-refractivity contribution in [1.29, 1.82) is 0 Å². The number of nitrogen functional groups attached to an aromatic ring is 1. The van der Waals surface area contributed by atoms with Crippen molar-refractivity contribution >= 4 is 28.3 Å². The molecule has 2 rings (SSSR count). The Morgan fingerprint density at radius 2 is 2.20 bits per heavy atom. The summed E-state index contributed by atoms with van der Waals surface area (Å²) < 4.78 is 8.96. The van der Waals surface area contributed by atoms with Gasteiger partial charge in [0.05, 0.1) is 6.61 Å². The lowest BCUT2D eigenvalue weighted by molar-refractivity contribution is 0.0529. The second-order valence-electron chi connectivity index (χ2n) is 4.02. The molecule has 0 aliphatic rings. The van der Waals surface area contributed by atoms with Gasteiger partial charge in [-0.25, -0.2) is 4.79 Å². The maximum absolute atomic E-state index is 11.8. The molecular formula is C13H16N4O2S. The summed E-state index contributed by atoms with van der Waals surface area (Å²) >= 11 is 1.17. The molecule has 0 aliphatic carbocycles. The third-order valence-electron chi connectivity index (χ3n) is 2.65. The van der Waals surface area contributed by atoms with Crippen molar-refractivity contribution in [2.24, 2.45) is 0 Å². The van der Waals surface area contributed by atoms with Crippen molar-refractivity contribution in [3.05, 3.63) is 35.7 Å². The predicted octanol–water partition coefficient (Wildman–Crippen LogP) is 1.95. The zero-order valence-electron chi connectivity index (χ0n) is 11.1. The van der Waals surface area contributed by atoms with Gasteiger partial charge in [-0.1, -0.05) is 0 Å². The Morgan fingerprint density at radius 3 is 2.90 bits per heavy atom. The van der Waals surface area contributed by atoms with Gasteiger partial charge >= 0.3 is 5.97 Å². The molecule has 0 amide bonds. The Morgan fingerprint density at radius 1 is 1.45 bits per heavy atom. The smallest absolute Gasteiger partial charge is 0.344 e. The third kappa shape index (κ3) is 3.45. The summed E-state index contributed by atoms with van der Waals surface area (Å²) in [6.07, 6.45) is 4.33. The Hall–Kier alpha value is -2.15. The van der Waals surface area contributed by atoms with Gasteiger partial charge in [0, 0.05) is 18.9 Å². The number of nitrogens with zero attached hydrogens (tertiary/aromatic N) is 2. The normalized spacial score (nSPS) is 10.2. The molecule has 2 heterocycles. The summed E-state index contributed by atoms with van der Waals surface area (Å²) in [6.45, 7) is 2.74. The summed E-state index contributed by atoms with van der Waals surface area (Å²) in [5.41, 5.74) is 7.20. The Labute approximate surface area is 121 Å². The summed E-state index contributed by atoms with van der Waals surface area (Å²) in [4.78, 5) is 15.8. The number of esters is 1. The quantitative estimate of drug-likeness (QED) is 0.791. The molecule has 0 radical (unpaired) electrons. The average Bonchev–Trinajstić information content (AvgIpc) is 2.81. The number of hydrogen-bond donors (Lipinski definition) is 2. The van der Waals surface area contributed by atoms with Gasteiger partial charge in [-0.05, 0) is 42.6 Å². The number of ether oxygens (including phenoxy) is 1. The van der Waals surface area contributed by atoms with Crippen LogP contribution in [0.15, 0.2) is 24.5 Å². The molecule has 106 valence electrons. The minimum atomic E-state index is -0.440. The summed E-state index contributed by atoms with van der Waals surface area (Å²) in [5, 5.41) is 3.82. The molecule has 0 spiro atoms. The first-order chi connectivity index (χ1) is 9.72. The van der Waals surface area contributed by atoms with Gasteiger partial charge in [0.1, 0.15) is 10.6 Å². The molecule has 20 heavy (non-hydrogen) atoms. The molecule has 0 fully saturated rings. The first kappa shape index (κ1) is 14.3. The Balaban J connectivity index is 1.98. The highest BCUT2D eigenvalue weighted by Crippen LogP contribution is 2.27. The van der Waals surface area contributed by atoms with Crippen molar-refractivity contribution in [2.45, 2.75) is 13.3 Å². The lowest BCUT2D eigenvalue weighted by Crippen LogP contribution is -2.11. The molecule has 0 bridgehead atoms. The topological polar surface area (TPSA) is 90.1 Å². The second kappa shape index (κ2) is 6.85. The molecule has 0 atom stereocenters. The zero-order valence-corrected chi connectivity index (χ0v) is 11.9. The highest BCUT2D eigenvalue weighted by Gasteiger charge is 2.20. The van der Waals surface area contributed by atoms with Crippen LogP contribution < -0.4 is 11.1 Å². The van der Waals surface area contributed by atoms with Crippen LogP contribution in [0.25, 0.3) is 0 Å². The molecule has 0 saturated carbocycles. The largest absolute Gasteiger partial charge is 0.462 e. The van der Waals surface area contributed by atoms with E-state index in [9.17, 15) is 4.79 Å². The molecule has 6 nitrogen and oxygen atoms in total. The maximum Gasteiger partial charge on any atom is 0.344 e. The SMILES string of the molecule is CCOC(=O)c1c(N)nsc1NCCc1ccncc1. The molecule has 0 aliphatic heterocycles. The van der Waals surface area contributed by atoms with Gasteiger partial charge in [0.15, 0.2) is 5.82 Å². The van der Waals surface area contributed by atoms with Crippen LogP contribution in [0.1, 0.15) is 22.8 Å². The third-order valence-corrected chi connectivity index (χ3v) is 3.47.